The summed E-state index contributed by atoms with van der Waals surface area (Å²) >= 11 is 1.52. The maximum atomic E-state index is 12.8. The number of piperidine rings is 1. The lowest BCUT2D eigenvalue weighted by Crippen LogP contribution is -2.45. The van der Waals surface area contributed by atoms with Crippen LogP contribution in [0, 0.1) is 0 Å². The van der Waals surface area contributed by atoms with Gasteiger partial charge in [0.2, 0.25) is 6.41 Å². The third kappa shape index (κ3) is 5.86. The zero-order chi connectivity index (χ0) is 21.5. The quantitative estimate of drug-likeness (QED) is 0.589. The maximum Gasteiger partial charge on any atom is 0.264 e. The Bertz CT molecular complexity index is 832. The predicted molar refractivity (Wildman–Crippen MR) is 122 cm³/mol. The first-order valence-electron chi connectivity index (χ1n) is 11.2. The standard InChI is InChI=1S/C24H31N3O3S/c28-19-26-14-12-25(13-15-26)18-20-6-8-22(9-7-20)30-16-10-21-4-1-2-11-27(21)24(29)23-5-3-17-31-23/h3,5-9,17,19,21H,1-2,4,10-16,18H2/t21-/m0/s1. The van der Waals surface area contributed by atoms with Crippen LogP contribution >= 0.6 is 11.3 Å². The van der Waals surface area contributed by atoms with Crippen LogP contribution in [0.25, 0.3) is 0 Å². The largest absolute Gasteiger partial charge is 0.494 e. The zero-order valence-electron chi connectivity index (χ0n) is 17.9. The Hall–Kier alpha value is -2.38. The molecule has 1 aromatic carbocycles. The smallest absolute Gasteiger partial charge is 0.264 e. The van der Waals surface area contributed by atoms with Crippen LogP contribution in [0.4, 0.5) is 0 Å². The second-order valence-electron chi connectivity index (χ2n) is 8.32. The van der Waals surface area contributed by atoms with Crippen LogP contribution in [0.5, 0.6) is 5.75 Å². The highest BCUT2D eigenvalue weighted by Crippen LogP contribution is 2.24. The van der Waals surface area contributed by atoms with Crippen molar-refractivity contribution in [2.24, 2.45) is 0 Å². The van der Waals surface area contributed by atoms with Crippen molar-refractivity contribution in [3.63, 3.8) is 0 Å². The highest BCUT2D eigenvalue weighted by Gasteiger charge is 2.27. The number of rotatable bonds is 8. The van der Waals surface area contributed by atoms with Crippen LogP contribution in [0.2, 0.25) is 0 Å². The fourth-order valence-electron chi connectivity index (χ4n) is 4.40. The van der Waals surface area contributed by atoms with Crippen LogP contribution in [0.3, 0.4) is 0 Å². The topological polar surface area (TPSA) is 53.1 Å². The molecule has 6 nitrogen and oxygen atoms in total. The zero-order valence-corrected chi connectivity index (χ0v) is 18.8. The first-order valence-corrected chi connectivity index (χ1v) is 12.1. The van der Waals surface area contributed by atoms with Gasteiger partial charge in [-0.15, -0.1) is 11.3 Å². The van der Waals surface area contributed by atoms with Crippen molar-refractivity contribution in [3.8, 4) is 5.75 Å². The van der Waals surface area contributed by atoms with Crippen molar-refractivity contribution >= 4 is 23.7 Å². The molecule has 4 rings (SSSR count). The lowest BCUT2D eigenvalue weighted by molar-refractivity contribution is -0.119. The molecule has 2 aliphatic rings. The third-order valence-corrected chi connectivity index (χ3v) is 7.08. The summed E-state index contributed by atoms with van der Waals surface area (Å²) in [6, 6.07) is 12.4. The molecule has 2 aromatic rings. The van der Waals surface area contributed by atoms with Gasteiger partial charge in [-0.05, 0) is 48.4 Å². The van der Waals surface area contributed by atoms with E-state index in [0.717, 1.165) is 75.6 Å². The van der Waals surface area contributed by atoms with E-state index in [1.165, 1.54) is 23.3 Å². The summed E-state index contributed by atoms with van der Waals surface area (Å²) in [6.07, 6.45) is 5.11. The number of likely N-dealkylation sites (tertiary alicyclic amines) is 1. The molecule has 0 unspecified atom stereocenters. The van der Waals surface area contributed by atoms with E-state index in [1.54, 1.807) is 0 Å². The van der Waals surface area contributed by atoms with E-state index in [4.69, 9.17) is 4.74 Å². The number of thiophene rings is 1. The van der Waals surface area contributed by atoms with E-state index < -0.39 is 0 Å². The number of hydrogen-bond donors (Lipinski definition) is 0. The Balaban J connectivity index is 1.23. The van der Waals surface area contributed by atoms with Crippen molar-refractivity contribution in [1.29, 1.82) is 0 Å². The molecule has 2 amide bonds. The predicted octanol–water partition coefficient (Wildman–Crippen LogP) is 3.49. The van der Waals surface area contributed by atoms with Gasteiger partial charge in [0.25, 0.3) is 5.91 Å². The van der Waals surface area contributed by atoms with Crippen molar-refractivity contribution in [2.75, 3.05) is 39.3 Å². The summed E-state index contributed by atoms with van der Waals surface area (Å²) in [4.78, 5) is 30.7. The van der Waals surface area contributed by atoms with E-state index in [9.17, 15) is 9.59 Å². The van der Waals surface area contributed by atoms with Gasteiger partial charge in [-0.3, -0.25) is 14.5 Å². The summed E-state index contributed by atoms with van der Waals surface area (Å²) in [5.41, 5.74) is 1.26. The average molecular weight is 442 g/mol. The molecule has 31 heavy (non-hydrogen) atoms. The molecule has 0 spiro atoms. The number of hydrogen-bond acceptors (Lipinski definition) is 5. The van der Waals surface area contributed by atoms with Crippen LogP contribution in [-0.2, 0) is 11.3 Å². The minimum atomic E-state index is 0.165. The first-order chi connectivity index (χ1) is 15.2. The summed E-state index contributed by atoms with van der Waals surface area (Å²) in [7, 11) is 0. The number of piperazine rings is 1. The minimum Gasteiger partial charge on any atom is -0.494 e. The summed E-state index contributed by atoms with van der Waals surface area (Å²) in [5, 5.41) is 1.96. The minimum absolute atomic E-state index is 0.165. The highest BCUT2D eigenvalue weighted by molar-refractivity contribution is 7.12. The van der Waals surface area contributed by atoms with Gasteiger partial charge in [0.1, 0.15) is 5.75 Å². The van der Waals surface area contributed by atoms with Gasteiger partial charge in [-0.1, -0.05) is 18.2 Å². The van der Waals surface area contributed by atoms with Crippen molar-refractivity contribution in [2.45, 2.75) is 38.3 Å². The van der Waals surface area contributed by atoms with E-state index in [-0.39, 0.29) is 11.9 Å². The number of carbonyl (C=O) groups is 2. The highest BCUT2D eigenvalue weighted by atomic mass is 32.1. The Morgan fingerprint density at radius 1 is 1.06 bits per heavy atom. The van der Waals surface area contributed by atoms with Gasteiger partial charge in [0.05, 0.1) is 11.5 Å². The molecule has 0 radical (unpaired) electrons. The van der Waals surface area contributed by atoms with E-state index in [0.29, 0.717) is 6.61 Å². The van der Waals surface area contributed by atoms with Gasteiger partial charge in [-0.25, -0.2) is 0 Å². The molecule has 0 N–H and O–H groups in total. The number of amides is 2. The molecule has 3 heterocycles. The SMILES string of the molecule is O=CN1CCN(Cc2ccc(OCC[C@@H]3CCCCN3C(=O)c3cccs3)cc2)CC1. The molecular formula is C24H31N3O3S. The molecular weight excluding hydrogens is 410 g/mol. The molecule has 0 aliphatic carbocycles. The molecule has 0 saturated carbocycles. The first kappa shape index (κ1) is 21.8. The Morgan fingerprint density at radius 3 is 2.58 bits per heavy atom. The maximum absolute atomic E-state index is 12.8. The fourth-order valence-corrected chi connectivity index (χ4v) is 5.08. The van der Waals surface area contributed by atoms with Gasteiger partial charge < -0.3 is 14.5 Å². The number of ether oxygens (including phenoxy) is 1. The Morgan fingerprint density at radius 2 is 1.87 bits per heavy atom. The van der Waals surface area contributed by atoms with Gasteiger partial charge >= 0.3 is 0 Å². The van der Waals surface area contributed by atoms with Gasteiger partial charge in [-0.2, -0.15) is 0 Å². The normalized spacial score (nSPS) is 19.9. The number of nitrogens with zero attached hydrogens (tertiary/aromatic N) is 3. The molecule has 1 atom stereocenters. The van der Waals surface area contributed by atoms with Crippen molar-refractivity contribution in [3.05, 3.63) is 52.2 Å². The second kappa shape index (κ2) is 10.8. The van der Waals surface area contributed by atoms with Crippen LogP contribution in [0.15, 0.2) is 41.8 Å². The van der Waals surface area contributed by atoms with Crippen LogP contribution in [0.1, 0.15) is 40.9 Å². The summed E-state index contributed by atoms with van der Waals surface area (Å²) in [6.45, 7) is 5.80. The number of benzene rings is 1. The lowest BCUT2D eigenvalue weighted by Gasteiger charge is -2.35. The average Bonchev–Trinajstić information content (AvgIpc) is 3.36. The van der Waals surface area contributed by atoms with E-state index >= 15 is 0 Å². The Kier molecular flexibility index (Phi) is 7.59. The molecule has 166 valence electrons. The van der Waals surface area contributed by atoms with E-state index in [2.05, 4.69) is 17.0 Å². The molecule has 2 aliphatic heterocycles. The van der Waals surface area contributed by atoms with Gasteiger partial charge in [0, 0.05) is 51.7 Å². The summed E-state index contributed by atoms with van der Waals surface area (Å²) < 4.78 is 6.01. The van der Waals surface area contributed by atoms with Gasteiger partial charge in [0.15, 0.2) is 0 Å². The fraction of sp³-hybridized carbons (Fsp3) is 0.500. The van der Waals surface area contributed by atoms with Crippen molar-refractivity contribution < 1.29 is 14.3 Å². The third-order valence-electron chi connectivity index (χ3n) is 6.23. The number of carbonyl (C=O) groups excluding carboxylic acids is 2. The Labute approximate surface area is 188 Å². The monoisotopic (exact) mass is 441 g/mol. The van der Waals surface area contributed by atoms with Crippen molar-refractivity contribution in [1.82, 2.24) is 14.7 Å². The molecule has 0 bridgehead atoms. The second-order valence-corrected chi connectivity index (χ2v) is 9.27. The summed E-state index contributed by atoms with van der Waals surface area (Å²) in [5.74, 6) is 1.04. The van der Waals surface area contributed by atoms with Crippen LogP contribution in [-0.4, -0.2) is 72.4 Å². The molecule has 1 aromatic heterocycles. The molecule has 7 heteroatoms. The van der Waals surface area contributed by atoms with E-state index in [1.807, 2.05) is 39.4 Å². The molecule has 2 saturated heterocycles. The molecule has 2 fully saturated rings. The lowest BCUT2D eigenvalue weighted by atomic mass is 9.99. The van der Waals surface area contributed by atoms with Crippen LogP contribution < -0.4 is 4.74 Å².